The normalized spacial score (nSPS) is 19.1. The lowest BCUT2D eigenvalue weighted by atomic mass is 9.88. The molecule has 1 saturated heterocycles. The van der Waals surface area contributed by atoms with Gasteiger partial charge in [-0.2, -0.15) is 0 Å². The van der Waals surface area contributed by atoms with Gasteiger partial charge in [0, 0.05) is 35.8 Å². The van der Waals surface area contributed by atoms with Crippen LogP contribution in [0.25, 0.3) is 10.9 Å². The van der Waals surface area contributed by atoms with Gasteiger partial charge in [-0.25, -0.2) is 4.39 Å². The molecule has 3 rings (SSSR count). The Hall–Kier alpha value is -1.39. The van der Waals surface area contributed by atoms with Gasteiger partial charge in [0.15, 0.2) is 0 Å². The summed E-state index contributed by atoms with van der Waals surface area (Å²) in [6.45, 7) is 0.961. The van der Waals surface area contributed by atoms with E-state index < -0.39 is 5.60 Å². The molecule has 0 atom stereocenters. The minimum Gasteiger partial charge on any atom is -0.382 e. The Morgan fingerprint density at radius 3 is 2.80 bits per heavy atom. The van der Waals surface area contributed by atoms with Gasteiger partial charge in [0.05, 0.1) is 0 Å². The van der Waals surface area contributed by atoms with E-state index in [0.717, 1.165) is 5.52 Å². The van der Waals surface area contributed by atoms with Gasteiger partial charge in [-0.15, -0.1) is 0 Å². The van der Waals surface area contributed by atoms with Crippen molar-refractivity contribution < 1.29 is 9.50 Å². The summed E-state index contributed by atoms with van der Waals surface area (Å²) in [5.41, 5.74) is 0.458. The molecule has 0 bridgehead atoms. The van der Waals surface area contributed by atoms with Crippen LogP contribution in [0, 0.1) is 5.82 Å². The minimum absolute atomic E-state index is 0.288. The van der Waals surface area contributed by atoms with Crippen molar-refractivity contribution in [2.45, 2.75) is 5.60 Å². The Balaban J connectivity index is 2.27. The van der Waals surface area contributed by atoms with Crippen LogP contribution in [0.1, 0.15) is 5.56 Å². The number of rotatable bonds is 1. The molecule has 1 aromatic heterocycles. The maximum absolute atomic E-state index is 13.6. The predicted octanol–water partition coefficient (Wildman–Crippen LogP) is 1.10. The molecule has 0 radical (unpaired) electrons. The summed E-state index contributed by atoms with van der Waals surface area (Å²) in [5, 5.41) is 13.6. The van der Waals surface area contributed by atoms with E-state index >= 15 is 0 Å². The van der Waals surface area contributed by atoms with Crippen LogP contribution in [-0.4, -0.2) is 23.2 Å². The van der Waals surface area contributed by atoms with Crippen molar-refractivity contribution >= 4 is 10.9 Å². The fourth-order valence-electron chi connectivity index (χ4n) is 2.06. The number of hydrogen-bond donors (Lipinski definition) is 3. The molecular formula is C11H11FN2O. The van der Waals surface area contributed by atoms with E-state index in [0.29, 0.717) is 24.0 Å². The maximum Gasteiger partial charge on any atom is 0.132 e. The van der Waals surface area contributed by atoms with Crippen LogP contribution < -0.4 is 5.32 Å². The molecule has 1 aliphatic heterocycles. The van der Waals surface area contributed by atoms with Gasteiger partial charge in [-0.3, -0.25) is 0 Å². The molecule has 1 aromatic carbocycles. The number of fused-ring (bicyclic) bond motifs is 1. The first-order chi connectivity index (χ1) is 7.21. The second-order valence-electron chi connectivity index (χ2n) is 4.00. The minimum atomic E-state index is -0.916. The third-order valence-electron chi connectivity index (χ3n) is 2.99. The lowest BCUT2D eigenvalue weighted by Crippen LogP contribution is -2.56. The largest absolute Gasteiger partial charge is 0.382 e. The molecule has 0 amide bonds. The van der Waals surface area contributed by atoms with Gasteiger partial charge in [-0.05, 0) is 12.1 Å². The molecule has 0 saturated carbocycles. The van der Waals surface area contributed by atoms with Crippen LogP contribution in [0.15, 0.2) is 24.4 Å². The van der Waals surface area contributed by atoms with E-state index in [-0.39, 0.29) is 5.82 Å². The molecule has 2 heterocycles. The van der Waals surface area contributed by atoms with Crippen molar-refractivity contribution in [2.75, 3.05) is 13.1 Å². The first-order valence-electron chi connectivity index (χ1n) is 4.90. The number of halogens is 1. The summed E-state index contributed by atoms with van der Waals surface area (Å²) in [6, 6.07) is 4.87. The van der Waals surface area contributed by atoms with Crippen LogP contribution in [-0.2, 0) is 5.60 Å². The standard InChI is InChI=1S/C11H11FN2O/c12-8-2-1-3-9-10(8)7(4-14-9)11(15)5-13-6-11/h1-4,13-15H,5-6H2. The van der Waals surface area contributed by atoms with Gasteiger partial charge in [0.1, 0.15) is 11.4 Å². The van der Waals surface area contributed by atoms with E-state index in [9.17, 15) is 9.50 Å². The summed E-state index contributed by atoms with van der Waals surface area (Å²) >= 11 is 0. The molecule has 1 aliphatic rings. The highest BCUT2D eigenvalue weighted by Crippen LogP contribution is 2.32. The number of β-amino-alcohol motifs (C(OH)–C–C–N with tert-alkyl or cyclic N) is 1. The third kappa shape index (κ3) is 1.12. The van der Waals surface area contributed by atoms with E-state index in [1.165, 1.54) is 6.07 Å². The van der Waals surface area contributed by atoms with Crippen molar-refractivity contribution in [3.8, 4) is 0 Å². The lowest BCUT2D eigenvalue weighted by molar-refractivity contribution is -0.0134. The topological polar surface area (TPSA) is 48.0 Å². The second-order valence-corrected chi connectivity index (χ2v) is 4.00. The molecule has 1 fully saturated rings. The highest BCUT2D eigenvalue weighted by atomic mass is 19.1. The molecule has 4 heteroatoms. The second kappa shape index (κ2) is 2.81. The maximum atomic E-state index is 13.6. The molecule has 3 nitrogen and oxygen atoms in total. The first-order valence-corrected chi connectivity index (χ1v) is 4.90. The molecule has 3 N–H and O–H groups in total. The zero-order valence-electron chi connectivity index (χ0n) is 8.05. The van der Waals surface area contributed by atoms with E-state index in [1.807, 2.05) is 0 Å². The summed E-state index contributed by atoms with van der Waals surface area (Å²) in [5.74, 6) is -0.288. The summed E-state index contributed by atoms with van der Waals surface area (Å²) in [6.07, 6.45) is 1.69. The number of hydrogen-bond acceptors (Lipinski definition) is 2. The van der Waals surface area contributed by atoms with Crippen LogP contribution >= 0.6 is 0 Å². The Kier molecular flexibility index (Phi) is 1.66. The Morgan fingerprint density at radius 2 is 2.13 bits per heavy atom. The predicted molar refractivity (Wildman–Crippen MR) is 55.0 cm³/mol. The van der Waals surface area contributed by atoms with Crippen LogP contribution in [0.4, 0.5) is 4.39 Å². The quantitative estimate of drug-likeness (QED) is 0.654. The van der Waals surface area contributed by atoms with Crippen molar-refractivity contribution in [3.05, 3.63) is 35.8 Å². The number of aromatic nitrogens is 1. The molecule has 2 aromatic rings. The summed E-state index contributed by atoms with van der Waals surface area (Å²) in [4.78, 5) is 2.98. The van der Waals surface area contributed by atoms with Gasteiger partial charge in [-0.1, -0.05) is 6.07 Å². The van der Waals surface area contributed by atoms with Crippen LogP contribution in [0.5, 0.6) is 0 Å². The zero-order valence-corrected chi connectivity index (χ0v) is 8.05. The van der Waals surface area contributed by atoms with Gasteiger partial charge >= 0.3 is 0 Å². The molecule has 78 valence electrons. The number of benzene rings is 1. The first kappa shape index (κ1) is 8.88. The molecular weight excluding hydrogens is 195 g/mol. The van der Waals surface area contributed by atoms with Crippen molar-refractivity contribution in [2.24, 2.45) is 0 Å². The summed E-state index contributed by atoms with van der Waals surface area (Å²) < 4.78 is 13.6. The van der Waals surface area contributed by atoms with Crippen molar-refractivity contribution in [1.29, 1.82) is 0 Å². The van der Waals surface area contributed by atoms with Crippen LogP contribution in [0.3, 0.4) is 0 Å². The van der Waals surface area contributed by atoms with E-state index in [1.54, 1.807) is 18.3 Å². The highest BCUT2D eigenvalue weighted by Gasteiger charge is 2.38. The number of aromatic amines is 1. The third-order valence-corrected chi connectivity index (χ3v) is 2.99. The zero-order chi connectivity index (χ0) is 10.5. The Morgan fingerprint density at radius 1 is 1.33 bits per heavy atom. The van der Waals surface area contributed by atoms with Crippen molar-refractivity contribution in [3.63, 3.8) is 0 Å². The average molecular weight is 206 g/mol. The molecule has 0 aliphatic carbocycles. The SMILES string of the molecule is OC1(c2c[nH]c3cccc(F)c23)CNC1. The van der Waals surface area contributed by atoms with Crippen LogP contribution in [0.2, 0.25) is 0 Å². The van der Waals surface area contributed by atoms with Gasteiger partial charge < -0.3 is 15.4 Å². The Labute approximate surface area is 85.9 Å². The Bertz CT molecular complexity index is 516. The molecule has 0 spiro atoms. The highest BCUT2D eigenvalue weighted by molar-refractivity contribution is 5.84. The average Bonchev–Trinajstić information content (AvgIpc) is 2.60. The summed E-state index contributed by atoms with van der Waals surface area (Å²) in [7, 11) is 0. The van der Waals surface area contributed by atoms with E-state index in [2.05, 4.69) is 10.3 Å². The van der Waals surface area contributed by atoms with Crippen molar-refractivity contribution in [1.82, 2.24) is 10.3 Å². The monoisotopic (exact) mass is 206 g/mol. The lowest BCUT2D eigenvalue weighted by Gasteiger charge is -2.37. The fourth-order valence-corrected chi connectivity index (χ4v) is 2.06. The molecule has 15 heavy (non-hydrogen) atoms. The number of H-pyrrole nitrogens is 1. The fraction of sp³-hybridized carbons (Fsp3) is 0.273. The number of aliphatic hydroxyl groups is 1. The molecule has 0 unspecified atom stereocenters. The van der Waals surface area contributed by atoms with Gasteiger partial charge in [0.25, 0.3) is 0 Å². The van der Waals surface area contributed by atoms with Gasteiger partial charge in [0.2, 0.25) is 0 Å². The van der Waals surface area contributed by atoms with E-state index in [4.69, 9.17) is 0 Å². The number of nitrogens with one attached hydrogen (secondary N) is 2. The smallest absolute Gasteiger partial charge is 0.132 e.